The maximum absolute atomic E-state index is 12.0. The minimum atomic E-state index is -0.144. The molecule has 2 N–H and O–H groups in total. The maximum atomic E-state index is 12.0. The summed E-state index contributed by atoms with van der Waals surface area (Å²) < 4.78 is 0. The van der Waals surface area contributed by atoms with E-state index in [1.165, 1.54) is 25.7 Å². The van der Waals surface area contributed by atoms with Crippen LogP contribution < -0.4 is 10.6 Å². The minimum absolute atomic E-state index is 0.106. The molecule has 5 nitrogen and oxygen atoms in total. The zero-order valence-electron chi connectivity index (χ0n) is 11.9. The van der Waals surface area contributed by atoms with Crippen molar-refractivity contribution in [2.24, 2.45) is 0 Å². The third kappa shape index (κ3) is 3.91. The van der Waals surface area contributed by atoms with Crippen LogP contribution in [0.5, 0.6) is 0 Å². The molecule has 19 heavy (non-hydrogen) atoms. The fourth-order valence-electron chi connectivity index (χ4n) is 2.37. The number of carbonyl (C=O) groups excluding carboxylic acids is 1. The Morgan fingerprint density at radius 1 is 1.32 bits per heavy atom. The van der Waals surface area contributed by atoms with Gasteiger partial charge in [-0.15, -0.1) is 0 Å². The van der Waals surface area contributed by atoms with E-state index in [1.807, 2.05) is 20.8 Å². The van der Waals surface area contributed by atoms with Crippen molar-refractivity contribution in [1.82, 2.24) is 15.3 Å². The minimum Gasteiger partial charge on any atom is -0.367 e. The highest BCUT2D eigenvalue weighted by Crippen LogP contribution is 2.21. The lowest BCUT2D eigenvalue weighted by Crippen LogP contribution is -2.31. The molecule has 1 saturated carbocycles. The normalized spacial score (nSPS) is 15.8. The van der Waals surface area contributed by atoms with E-state index in [4.69, 9.17) is 0 Å². The van der Waals surface area contributed by atoms with Crippen LogP contribution in [0.4, 0.5) is 5.82 Å². The zero-order chi connectivity index (χ0) is 13.8. The lowest BCUT2D eigenvalue weighted by molar-refractivity contribution is 0.0937. The summed E-state index contributed by atoms with van der Waals surface area (Å²) in [6.07, 6.45) is 4.89. The first-order valence-corrected chi connectivity index (χ1v) is 6.97. The molecule has 1 heterocycles. The van der Waals surface area contributed by atoms with Crippen LogP contribution in [0, 0.1) is 6.92 Å². The first-order valence-electron chi connectivity index (χ1n) is 6.97. The van der Waals surface area contributed by atoms with Gasteiger partial charge < -0.3 is 10.6 Å². The summed E-state index contributed by atoms with van der Waals surface area (Å²) in [5.74, 6) is 1.24. The van der Waals surface area contributed by atoms with Gasteiger partial charge in [-0.3, -0.25) is 4.79 Å². The van der Waals surface area contributed by atoms with Crippen LogP contribution in [0.2, 0.25) is 0 Å². The summed E-state index contributed by atoms with van der Waals surface area (Å²) in [5, 5.41) is 6.25. The van der Waals surface area contributed by atoms with Crippen molar-refractivity contribution in [3.05, 3.63) is 17.6 Å². The molecular formula is C14H22N4O. The fraction of sp³-hybridized carbons (Fsp3) is 0.643. The van der Waals surface area contributed by atoms with Crippen molar-refractivity contribution in [3.8, 4) is 0 Å². The highest BCUT2D eigenvalue weighted by Gasteiger charge is 2.17. The molecule has 0 unspecified atom stereocenters. The molecule has 1 amide bonds. The van der Waals surface area contributed by atoms with Crippen LogP contribution >= 0.6 is 0 Å². The molecule has 1 aliphatic rings. The third-order valence-corrected chi connectivity index (χ3v) is 3.20. The summed E-state index contributed by atoms with van der Waals surface area (Å²) in [7, 11) is 0. The van der Waals surface area contributed by atoms with Gasteiger partial charge in [0.25, 0.3) is 5.91 Å². The summed E-state index contributed by atoms with van der Waals surface area (Å²) in [5.41, 5.74) is 0.432. The first-order chi connectivity index (χ1) is 9.04. The largest absolute Gasteiger partial charge is 0.367 e. The molecule has 0 saturated heterocycles. The van der Waals surface area contributed by atoms with E-state index in [0.29, 0.717) is 17.6 Å². The molecule has 1 aliphatic carbocycles. The van der Waals surface area contributed by atoms with Crippen LogP contribution in [0.15, 0.2) is 6.07 Å². The molecule has 104 valence electrons. The van der Waals surface area contributed by atoms with Gasteiger partial charge >= 0.3 is 0 Å². The number of nitrogens with zero attached hydrogens (tertiary/aromatic N) is 2. The summed E-state index contributed by atoms with van der Waals surface area (Å²) in [4.78, 5) is 20.5. The fourth-order valence-corrected chi connectivity index (χ4v) is 2.37. The number of aryl methyl sites for hydroxylation is 1. The predicted molar refractivity (Wildman–Crippen MR) is 75.2 cm³/mol. The number of amides is 1. The van der Waals surface area contributed by atoms with E-state index in [9.17, 15) is 4.79 Å². The lowest BCUT2D eigenvalue weighted by Gasteiger charge is -2.14. The number of nitrogens with one attached hydrogen (secondary N) is 2. The van der Waals surface area contributed by atoms with E-state index in [0.717, 1.165) is 5.82 Å². The second-order valence-electron chi connectivity index (χ2n) is 5.44. The van der Waals surface area contributed by atoms with Crippen LogP contribution in [-0.2, 0) is 0 Å². The SMILES string of the molecule is Cc1nc(NC2CCCC2)cc(C(=O)NC(C)C)n1. The monoisotopic (exact) mass is 262 g/mol. The van der Waals surface area contributed by atoms with Crippen LogP contribution in [0.1, 0.15) is 55.8 Å². The van der Waals surface area contributed by atoms with Gasteiger partial charge in [-0.25, -0.2) is 9.97 Å². The van der Waals surface area contributed by atoms with Gasteiger partial charge in [0.15, 0.2) is 0 Å². The van der Waals surface area contributed by atoms with Gasteiger partial charge in [-0.2, -0.15) is 0 Å². The van der Waals surface area contributed by atoms with E-state index >= 15 is 0 Å². The third-order valence-electron chi connectivity index (χ3n) is 3.20. The summed E-state index contributed by atoms with van der Waals surface area (Å²) in [6, 6.07) is 2.33. The number of rotatable bonds is 4. The Kier molecular flexibility index (Phi) is 4.35. The number of anilines is 1. The van der Waals surface area contributed by atoms with Crippen molar-refractivity contribution in [3.63, 3.8) is 0 Å². The van der Waals surface area contributed by atoms with E-state index in [-0.39, 0.29) is 11.9 Å². The lowest BCUT2D eigenvalue weighted by atomic mass is 10.2. The van der Waals surface area contributed by atoms with Crippen molar-refractivity contribution in [1.29, 1.82) is 0 Å². The molecule has 0 aromatic carbocycles. The topological polar surface area (TPSA) is 66.9 Å². The maximum Gasteiger partial charge on any atom is 0.270 e. The quantitative estimate of drug-likeness (QED) is 0.873. The molecular weight excluding hydrogens is 240 g/mol. The van der Waals surface area contributed by atoms with Crippen molar-refractivity contribution < 1.29 is 4.79 Å². The van der Waals surface area contributed by atoms with Crippen LogP contribution in [0.3, 0.4) is 0 Å². The van der Waals surface area contributed by atoms with E-state index in [2.05, 4.69) is 20.6 Å². The number of hydrogen-bond acceptors (Lipinski definition) is 4. The smallest absolute Gasteiger partial charge is 0.270 e. The Morgan fingerprint density at radius 3 is 2.63 bits per heavy atom. The molecule has 2 rings (SSSR count). The highest BCUT2D eigenvalue weighted by atomic mass is 16.1. The van der Waals surface area contributed by atoms with Crippen molar-refractivity contribution in [2.45, 2.75) is 58.5 Å². The Morgan fingerprint density at radius 2 is 2.00 bits per heavy atom. The van der Waals surface area contributed by atoms with Gasteiger partial charge in [0.05, 0.1) is 0 Å². The second-order valence-corrected chi connectivity index (χ2v) is 5.44. The highest BCUT2D eigenvalue weighted by molar-refractivity contribution is 5.93. The average molecular weight is 262 g/mol. The van der Waals surface area contributed by atoms with Crippen molar-refractivity contribution >= 4 is 11.7 Å². The van der Waals surface area contributed by atoms with E-state index in [1.54, 1.807) is 6.07 Å². The van der Waals surface area contributed by atoms with Gasteiger partial charge in [-0.05, 0) is 33.6 Å². The Balaban J connectivity index is 2.11. The molecule has 5 heteroatoms. The Hall–Kier alpha value is -1.65. The standard InChI is InChI=1S/C14H22N4O/c1-9(2)15-14(19)12-8-13(17-10(3)16-12)18-11-6-4-5-7-11/h8-9,11H,4-7H2,1-3H3,(H,15,19)(H,16,17,18). The average Bonchev–Trinajstić information content (AvgIpc) is 2.80. The van der Waals surface area contributed by atoms with Crippen LogP contribution in [-0.4, -0.2) is 28.0 Å². The number of carbonyl (C=O) groups is 1. The van der Waals surface area contributed by atoms with Crippen molar-refractivity contribution in [2.75, 3.05) is 5.32 Å². The molecule has 0 spiro atoms. The molecule has 0 aliphatic heterocycles. The van der Waals surface area contributed by atoms with Gasteiger partial charge in [0.1, 0.15) is 17.3 Å². The zero-order valence-corrected chi connectivity index (χ0v) is 11.9. The molecule has 0 bridgehead atoms. The van der Waals surface area contributed by atoms with Gasteiger partial charge in [0, 0.05) is 18.2 Å². The summed E-state index contributed by atoms with van der Waals surface area (Å²) >= 11 is 0. The molecule has 1 aromatic rings. The first kappa shape index (κ1) is 13.8. The predicted octanol–water partition coefficient (Wildman–Crippen LogP) is 2.28. The number of aromatic nitrogens is 2. The molecule has 1 aromatic heterocycles. The van der Waals surface area contributed by atoms with Gasteiger partial charge in [-0.1, -0.05) is 12.8 Å². The molecule has 0 atom stereocenters. The van der Waals surface area contributed by atoms with E-state index < -0.39 is 0 Å². The Labute approximate surface area is 114 Å². The molecule has 0 radical (unpaired) electrons. The summed E-state index contributed by atoms with van der Waals surface area (Å²) in [6.45, 7) is 5.68. The molecule has 1 fully saturated rings. The van der Waals surface area contributed by atoms with Crippen LogP contribution in [0.25, 0.3) is 0 Å². The second kappa shape index (κ2) is 5.99. The number of hydrogen-bond donors (Lipinski definition) is 2. The van der Waals surface area contributed by atoms with Gasteiger partial charge in [0.2, 0.25) is 0 Å². The Bertz CT molecular complexity index is 453.